The molecule has 0 fully saturated rings. The van der Waals surface area contributed by atoms with Gasteiger partial charge in [-0.05, 0) is 24.1 Å². The second-order valence-corrected chi connectivity index (χ2v) is 3.75. The predicted molar refractivity (Wildman–Crippen MR) is 64.8 cm³/mol. The molecule has 2 aromatic rings. The summed E-state index contributed by atoms with van der Waals surface area (Å²) in [5.74, 6) is -1.60. The third-order valence-electron chi connectivity index (χ3n) is 2.55. The van der Waals surface area contributed by atoms with Crippen LogP contribution >= 0.6 is 0 Å². The SMILES string of the molecule is COC(=O)C(=O)NCCc1ccc2nc[nH]c2c1. The largest absolute Gasteiger partial charge is 0.462 e. The zero-order valence-corrected chi connectivity index (χ0v) is 9.90. The fourth-order valence-corrected chi connectivity index (χ4v) is 1.62. The van der Waals surface area contributed by atoms with E-state index in [1.54, 1.807) is 6.33 Å². The van der Waals surface area contributed by atoms with E-state index in [-0.39, 0.29) is 0 Å². The van der Waals surface area contributed by atoms with Crippen LogP contribution in [0.4, 0.5) is 0 Å². The number of amides is 1. The highest BCUT2D eigenvalue weighted by atomic mass is 16.5. The molecule has 6 heteroatoms. The van der Waals surface area contributed by atoms with E-state index in [9.17, 15) is 9.59 Å². The molecule has 18 heavy (non-hydrogen) atoms. The highest BCUT2D eigenvalue weighted by molar-refractivity contribution is 6.32. The quantitative estimate of drug-likeness (QED) is 0.607. The summed E-state index contributed by atoms with van der Waals surface area (Å²) in [4.78, 5) is 29.1. The lowest BCUT2D eigenvalue weighted by atomic mass is 10.1. The molecule has 2 N–H and O–H groups in total. The van der Waals surface area contributed by atoms with Crippen molar-refractivity contribution in [2.75, 3.05) is 13.7 Å². The number of carbonyl (C=O) groups is 2. The first-order chi connectivity index (χ1) is 8.70. The molecule has 1 amide bonds. The van der Waals surface area contributed by atoms with E-state index in [0.717, 1.165) is 16.6 Å². The third kappa shape index (κ3) is 2.65. The maximum absolute atomic E-state index is 11.1. The number of esters is 1. The van der Waals surface area contributed by atoms with Crippen LogP contribution in [0.15, 0.2) is 24.5 Å². The van der Waals surface area contributed by atoms with Gasteiger partial charge in [-0.2, -0.15) is 0 Å². The fourth-order valence-electron chi connectivity index (χ4n) is 1.62. The topological polar surface area (TPSA) is 84.1 Å². The minimum atomic E-state index is -0.876. The normalized spacial score (nSPS) is 10.3. The zero-order chi connectivity index (χ0) is 13.0. The Labute approximate surface area is 103 Å². The molecular formula is C12H13N3O3. The summed E-state index contributed by atoms with van der Waals surface area (Å²) in [6, 6.07) is 5.81. The van der Waals surface area contributed by atoms with Crippen LogP contribution in [0.25, 0.3) is 11.0 Å². The number of nitrogens with zero attached hydrogens (tertiary/aromatic N) is 1. The first kappa shape index (κ1) is 12.1. The molecule has 0 saturated carbocycles. The molecule has 0 atom stereocenters. The van der Waals surface area contributed by atoms with Gasteiger partial charge in [0.25, 0.3) is 0 Å². The van der Waals surface area contributed by atoms with Crippen molar-refractivity contribution in [3.63, 3.8) is 0 Å². The summed E-state index contributed by atoms with van der Waals surface area (Å²) in [7, 11) is 1.17. The maximum Gasteiger partial charge on any atom is 0.396 e. The molecule has 1 heterocycles. The summed E-state index contributed by atoms with van der Waals surface area (Å²) < 4.78 is 4.30. The van der Waals surface area contributed by atoms with Crippen molar-refractivity contribution in [1.29, 1.82) is 0 Å². The number of hydrogen-bond acceptors (Lipinski definition) is 4. The second-order valence-electron chi connectivity index (χ2n) is 3.75. The minimum absolute atomic E-state index is 0.383. The molecule has 2 rings (SSSR count). The Morgan fingerprint density at radius 2 is 2.28 bits per heavy atom. The monoisotopic (exact) mass is 247 g/mol. The number of imidazole rings is 1. The standard InChI is InChI=1S/C12H13N3O3/c1-18-12(17)11(16)13-5-4-8-2-3-9-10(6-8)15-7-14-9/h2-3,6-7H,4-5H2,1H3,(H,13,16)(H,14,15). The highest BCUT2D eigenvalue weighted by Gasteiger charge is 2.12. The average Bonchev–Trinajstić information content (AvgIpc) is 2.85. The van der Waals surface area contributed by atoms with Crippen LogP contribution in [0.5, 0.6) is 0 Å². The fraction of sp³-hybridized carbons (Fsp3) is 0.250. The van der Waals surface area contributed by atoms with Crippen LogP contribution < -0.4 is 5.32 Å². The zero-order valence-electron chi connectivity index (χ0n) is 9.90. The Morgan fingerprint density at radius 1 is 1.44 bits per heavy atom. The van der Waals surface area contributed by atoms with Crippen LogP contribution in [0.3, 0.4) is 0 Å². The van der Waals surface area contributed by atoms with Crippen LogP contribution in [0, 0.1) is 0 Å². The van der Waals surface area contributed by atoms with Crippen molar-refractivity contribution in [2.24, 2.45) is 0 Å². The first-order valence-corrected chi connectivity index (χ1v) is 5.49. The number of aromatic nitrogens is 2. The molecule has 0 bridgehead atoms. The molecule has 6 nitrogen and oxygen atoms in total. The van der Waals surface area contributed by atoms with Gasteiger partial charge in [-0.15, -0.1) is 0 Å². The van der Waals surface area contributed by atoms with Crippen molar-refractivity contribution in [3.05, 3.63) is 30.1 Å². The van der Waals surface area contributed by atoms with E-state index < -0.39 is 11.9 Å². The van der Waals surface area contributed by atoms with Gasteiger partial charge >= 0.3 is 11.9 Å². The van der Waals surface area contributed by atoms with Gasteiger partial charge in [0.1, 0.15) is 0 Å². The number of methoxy groups -OCH3 is 1. The molecule has 1 aromatic carbocycles. The lowest BCUT2D eigenvalue weighted by molar-refractivity contribution is -0.152. The molecule has 0 spiro atoms. The molecule has 0 radical (unpaired) electrons. The number of nitrogens with one attached hydrogen (secondary N) is 2. The Bertz CT molecular complexity index is 577. The maximum atomic E-state index is 11.1. The van der Waals surface area contributed by atoms with Crippen molar-refractivity contribution in [1.82, 2.24) is 15.3 Å². The Morgan fingerprint density at radius 3 is 3.06 bits per heavy atom. The summed E-state index contributed by atoms with van der Waals surface area (Å²) in [6.07, 6.45) is 2.27. The number of hydrogen-bond donors (Lipinski definition) is 2. The molecule has 0 aliphatic heterocycles. The van der Waals surface area contributed by atoms with Crippen LogP contribution in [0.1, 0.15) is 5.56 Å². The molecule has 0 aliphatic carbocycles. The third-order valence-corrected chi connectivity index (χ3v) is 2.55. The van der Waals surface area contributed by atoms with E-state index in [1.165, 1.54) is 7.11 Å². The van der Waals surface area contributed by atoms with Crippen LogP contribution in [-0.2, 0) is 20.7 Å². The number of benzene rings is 1. The van der Waals surface area contributed by atoms with Gasteiger partial charge in [-0.3, -0.25) is 4.79 Å². The van der Waals surface area contributed by atoms with Gasteiger partial charge in [-0.25, -0.2) is 9.78 Å². The van der Waals surface area contributed by atoms with Gasteiger partial charge in [0.05, 0.1) is 24.5 Å². The number of carbonyl (C=O) groups excluding carboxylic acids is 2. The lowest BCUT2D eigenvalue weighted by Crippen LogP contribution is -2.33. The smallest absolute Gasteiger partial charge is 0.396 e. The van der Waals surface area contributed by atoms with Gasteiger partial charge in [0.15, 0.2) is 0 Å². The average molecular weight is 247 g/mol. The molecule has 0 saturated heterocycles. The predicted octanol–water partition coefficient (Wildman–Crippen LogP) is 0.395. The summed E-state index contributed by atoms with van der Waals surface area (Å²) in [5.41, 5.74) is 2.90. The highest BCUT2D eigenvalue weighted by Crippen LogP contribution is 2.11. The lowest BCUT2D eigenvalue weighted by Gasteiger charge is -2.03. The number of ether oxygens (including phenoxy) is 1. The van der Waals surface area contributed by atoms with Crippen molar-refractivity contribution in [2.45, 2.75) is 6.42 Å². The van der Waals surface area contributed by atoms with E-state index in [0.29, 0.717) is 13.0 Å². The van der Waals surface area contributed by atoms with E-state index in [1.807, 2.05) is 18.2 Å². The number of fused-ring (bicyclic) bond motifs is 1. The van der Waals surface area contributed by atoms with Crippen molar-refractivity contribution >= 4 is 22.9 Å². The summed E-state index contributed by atoms with van der Waals surface area (Å²) >= 11 is 0. The molecule has 1 aromatic heterocycles. The molecule has 0 aliphatic rings. The van der Waals surface area contributed by atoms with Crippen molar-refractivity contribution < 1.29 is 14.3 Å². The Kier molecular flexibility index (Phi) is 3.57. The van der Waals surface area contributed by atoms with E-state index >= 15 is 0 Å². The molecule has 94 valence electrons. The second kappa shape index (κ2) is 5.31. The minimum Gasteiger partial charge on any atom is -0.462 e. The van der Waals surface area contributed by atoms with Crippen LogP contribution in [-0.4, -0.2) is 35.5 Å². The Balaban J connectivity index is 1.90. The first-order valence-electron chi connectivity index (χ1n) is 5.49. The summed E-state index contributed by atoms with van der Waals surface area (Å²) in [6.45, 7) is 0.383. The number of H-pyrrole nitrogens is 1. The summed E-state index contributed by atoms with van der Waals surface area (Å²) in [5, 5.41) is 2.48. The van der Waals surface area contributed by atoms with E-state index in [4.69, 9.17) is 0 Å². The Hall–Kier alpha value is -2.37. The van der Waals surface area contributed by atoms with Gasteiger partial charge in [-0.1, -0.05) is 6.07 Å². The van der Waals surface area contributed by atoms with Gasteiger partial charge in [0, 0.05) is 6.54 Å². The number of aromatic amines is 1. The molecule has 0 unspecified atom stereocenters. The van der Waals surface area contributed by atoms with E-state index in [2.05, 4.69) is 20.0 Å². The van der Waals surface area contributed by atoms with Gasteiger partial charge < -0.3 is 15.0 Å². The van der Waals surface area contributed by atoms with Gasteiger partial charge in [0.2, 0.25) is 0 Å². The van der Waals surface area contributed by atoms with Crippen LogP contribution in [0.2, 0.25) is 0 Å². The molecular weight excluding hydrogens is 234 g/mol. The van der Waals surface area contributed by atoms with Crippen molar-refractivity contribution in [3.8, 4) is 0 Å². The number of rotatable bonds is 3.